The predicted molar refractivity (Wildman–Crippen MR) is 177 cm³/mol. The number of methoxy groups -OCH3 is 2. The van der Waals surface area contributed by atoms with Crippen LogP contribution in [0.25, 0.3) is 0 Å². The molecule has 5 nitrogen and oxygen atoms in total. The summed E-state index contributed by atoms with van der Waals surface area (Å²) in [7, 11) is 3.00. The van der Waals surface area contributed by atoms with E-state index in [1.807, 2.05) is 78.9 Å². The van der Waals surface area contributed by atoms with Crippen LogP contribution in [0.4, 0.5) is 0 Å². The van der Waals surface area contributed by atoms with E-state index in [-0.39, 0.29) is 16.7 Å². The highest BCUT2D eigenvalue weighted by atomic mass is 32.2. The molecule has 0 unspecified atom stereocenters. The van der Waals surface area contributed by atoms with Crippen LogP contribution in [0.3, 0.4) is 0 Å². The molecule has 0 fully saturated rings. The quantitative estimate of drug-likeness (QED) is 0.0666. The highest BCUT2D eigenvalue weighted by Gasteiger charge is 2.29. The number of rotatable bonds is 15. The van der Waals surface area contributed by atoms with E-state index in [4.69, 9.17) is 18.9 Å². The van der Waals surface area contributed by atoms with E-state index >= 15 is 0 Å². The summed E-state index contributed by atoms with van der Waals surface area (Å²) in [6.07, 6.45) is 0. The average molecular weight is 624 g/mol. The van der Waals surface area contributed by atoms with Gasteiger partial charge in [0.05, 0.1) is 24.1 Å². The first kappa shape index (κ1) is 31.4. The van der Waals surface area contributed by atoms with Crippen molar-refractivity contribution in [3.63, 3.8) is 0 Å². The molecule has 0 saturated heterocycles. The van der Waals surface area contributed by atoms with Crippen molar-refractivity contribution in [1.82, 2.24) is 0 Å². The summed E-state index contributed by atoms with van der Waals surface area (Å²) in [4.78, 5) is 18.6. The summed E-state index contributed by atoms with van der Waals surface area (Å²) >= 11 is 1.68. The average Bonchev–Trinajstić information content (AvgIpc) is 3.08. The van der Waals surface area contributed by atoms with E-state index in [1.54, 1.807) is 26.0 Å². The van der Waals surface area contributed by atoms with Gasteiger partial charge in [-0.15, -0.1) is 0 Å². The maximum absolute atomic E-state index is 12.8. The lowest BCUT2D eigenvalue weighted by molar-refractivity contribution is 0.103. The third-order valence-electron chi connectivity index (χ3n) is 6.68. The van der Waals surface area contributed by atoms with Crippen LogP contribution >= 0.6 is 11.8 Å². The summed E-state index contributed by atoms with van der Waals surface area (Å²) in [5, 5.41) is 0. The number of hydrogen-bond acceptors (Lipinski definition) is 6. The first-order chi connectivity index (χ1) is 21.6. The van der Waals surface area contributed by atoms with Crippen molar-refractivity contribution < 1.29 is 23.7 Å². The predicted octanol–water partition coefficient (Wildman–Crippen LogP) is 8.21. The molecule has 0 aliphatic heterocycles. The Morgan fingerprint density at radius 3 is 1.39 bits per heavy atom. The van der Waals surface area contributed by atoms with Gasteiger partial charge < -0.3 is 18.9 Å². The lowest BCUT2D eigenvalue weighted by atomic mass is 10.0. The number of carbonyl (C=O) groups is 1. The van der Waals surface area contributed by atoms with Gasteiger partial charge in [0.2, 0.25) is 0 Å². The van der Waals surface area contributed by atoms with Crippen LogP contribution in [0.2, 0.25) is 0 Å². The lowest BCUT2D eigenvalue weighted by Crippen LogP contribution is -2.07. The summed E-state index contributed by atoms with van der Waals surface area (Å²) in [6, 6.07) is 42.5. The molecule has 0 N–H and O–H groups in total. The van der Waals surface area contributed by atoms with Gasteiger partial charge in [-0.3, -0.25) is 4.79 Å². The summed E-state index contributed by atoms with van der Waals surface area (Å²) in [5.74, 6) is 1.67. The first-order valence-corrected chi connectivity index (χ1v) is 16.3. The summed E-state index contributed by atoms with van der Waals surface area (Å²) in [5.41, 5.74) is 1.38. The highest BCUT2D eigenvalue weighted by molar-refractivity contribution is 7.99. The normalized spacial score (nSPS) is 11.0. The molecule has 5 rings (SSSR count). The molecule has 0 bridgehead atoms. The Bertz CT molecular complexity index is 1530. The van der Waals surface area contributed by atoms with E-state index in [2.05, 4.69) is 48.5 Å². The number of ether oxygens (including phenoxy) is 4. The maximum Gasteiger partial charge on any atom is 0.193 e. The highest BCUT2D eigenvalue weighted by Crippen LogP contribution is 2.35. The van der Waals surface area contributed by atoms with Gasteiger partial charge in [-0.2, -0.15) is 0 Å². The number of ketones is 1. The van der Waals surface area contributed by atoms with E-state index in [9.17, 15) is 4.79 Å². The van der Waals surface area contributed by atoms with E-state index in [1.165, 1.54) is 14.7 Å². The van der Waals surface area contributed by atoms with E-state index in [0.29, 0.717) is 37.6 Å². The number of carbonyl (C=O) groups excluding carboxylic acids is 1. The molecule has 44 heavy (non-hydrogen) atoms. The fourth-order valence-electron chi connectivity index (χ4n) is 4.45. The molecule has 0 saturated carbocycles. The zero-order valence-corrected chi connectivity index (χ0v) is 26.4. The van der Waals surface area contributed by atoms with Crippen molar-refractivity contribution >= 4 is 28.4 Å². The van der Waals surface area contributed by atoms with Gasteiger partial charge in [0.1, 0.15) is 24.7 Å². The molecule has 0 heterocycles. The minimum absolute atomic E-state index is 0.0303. The standard InChI is InChI=1S/C37H35O5S2/c1-39-24-26-41-30-10-18-34(19-11-30)44(35-20-12-31(13-21-35)42-27-25-40-2)36-22-16-33(17-23-36)43-32-14-8-29(9-15-32)37(38)28-6-4-3-5-7-28/h3-23H,24-27H2,1-2H3/q+1. The Kier molecular flexibility index (Phi) is 11.5. The molecule has 7 heteroatoms. The lowest BCUT2D eigenvalue weighted by Gasteiger charge is -2.11. The Morgan fingerprint density at radius 2 is 0.932 bits per heavy atom. The van der Waals surface area contributed by atoms with Crippen LogP contribution in [0.15, 0.2) is 152 Å². The Balaban J connectivity index is 1.33. The third kappa shape index (κ3) is 8.55. The zero-order valence-electron chi connectivity index (χ0n) is 24.8. The molecular formula is C37H35O5S2+. The molecular weight excluding hydrogens is 589 g/mol. The number of benzene rings is 5. The summed E-state index contributed by atoms with van der Waals surface area (Å²) < 4.78 is 21.8. The van der Waals surface area contributed by atoms with Crippen molar-refractivity contribution in [1.29, 1.82) is 0 Å². The van der Waals surface area contributed by atoms with Gasteiger partial charge in [0.15, 0.2) is 20.5 Å². The molecule has 0 aliphatic carbocycles. The van der Waals surface area contributed by atoms with Crippen molar-refractivity contribution in [2.24, 2.45) is 0 Å². The minimum atomic E-state index is -0.334. The fraction of sp³-hybridized carbons (Fsp3) is 0.162. The molecule has 5 aromatic carbocycles. The van der Waals surface area contributed by atoms with Gasteiger partial charge >= 0.3 is 0 Å². The minimum Gasteiger partial charge on any atom is -0.491 e. The second-order valence-electron chi connectivity index (χ2n) is 9.72. The molecule has 224 valence electrons. The van der Waals surface area contributed by atoms with Crippen LogP contribution in [-0.4, -0.2) is 46.4 Å². The van der Waals surface area contributed by atoms with Gasteiger partial charge in [0, 0.05) is 35.1 Å². The number of hydrogen-bond donors (Lipinski definition) is 0. The summed E-state index contributed by atoms with van der Waals surface area (Å²) in [6.45, 7) is 2.12. The molecule has 0 amide bonds. The van der Waals surface area contributed by atoms with Crippen LogP contribution < -0.4 is 9.47 Å². The van der Waals surface area contributed by atoms with Gasteiger partial charge in [0.25, 0.3) is 0 Å². The van der Waals surface area contributed by atoms with Gasteiger partial charge in [-0.1, -0.05) is 42.1 Å². The Labute approximate surface area is 266 Å². The van der Waals surface area contributed by atoms with Crippen molar-refractivity contribution in [2.45, 2.75) is 24.5 Å². The second-order valence-corrected chi connectivity index (χ2v) is 12.9. The SMILES string of the molecule is COCCOc1ccc([S+](c2ccc(OCCOC)cc2)c2ccc(Sc3ccc(C(=O)c4ccccc4)cc3)cc2)cc1. The van der Waals surface area contributed by atoms with Crippen molar-refractivity contribution in [3.8, 4) is 11.5 Å². The maximum atomic E-state index is 12.8. The topological polar surface area (TPSA) is 54.0 Å². The van der Waals surface area contributed by atoms with Crippen molar-refractivity contribution in [3.05, 3.63) is 139 Å². The smallest absolute Gasteiger partial charge is 0.193 e. The van der Waals surface area contributed by atoms with E-state index in [0.717, 1.165) is 21.3 Å². The van der Waals surface area contributed by atoms with Crippen molar-refractivity contribution in [2.75, 3.05) is 40.6 Å². The molecule has 0 spiro atoms. The molecule has 0 aromatic heterocycles. The Hall–Kier alpha value is -4.01. The van der Waals surface area contributed by atoms with Gasteiger partial charge in [-0.25, -0.2) is 0 Å². The third-order valence-corrected chi connectivity index (χ3v) is 9.93. The molecule has 5 aromatic rings. The van der Waals surface area contributed by atoms with E-state index < -0.39 is 0 Å². The molecule has 0 radical (unpaired) electrons. The van der Waals surface area contributed by atoms with Crippen LogP contribution in [0.5, 0.6) is 11.5 Å². The molecule has 0 atom stereocenters. The zero-order chi connectivity index (χ0) is 30.6. The molecule has 0 aliphatic rings. The van der Waals surface area contributed by atoms with Crippen LogP contribution in [0.1, 0.15) is 15.9 Å². The van der Waals surface area contributed by atoms with Gasteiger partial charge in [-0.05, 0) is 97.1 Å². The van der Waals surface area contributed by atoms with Crippen LogP contribution in [0, 0.1) is 0 Å². The first-order valence-electron chi connectivity index (χ1n) is 14.3. The Morgan fingerprint density at radius 1 is 0.523 bits per heavy atom. The monoisotopic (exact) mass is 623 g/mol. The largest absolute Gasteiger partial charge is 0.491 e. The fourth-order valence-corrected chi connectivity index (χ4v) is 7.31. The van der Waals surface area contributed by atoms with Crippen LogP contribution in [-0.2, 0) is 20.4 Å². The second kappa shape index (κ2) is 16.2.